The minimum atomic E-state index is -0.801. The number of likely N-dealkylation sites (tertiary alicyclic amines) is 1. The van der Waals surface area contributed by atoms with Gasteiger partial charge in [-0.25, -0.2) is 0 Å². The number of aliphatic carboxylic acids is 1. The molecule has 1 fully saturated rings. The first-order valence-electron chi connectivity index (χ1n) is 5.73. The van der Waals surface area contributed by atoms with Crippen molar-refractivity contribution in [2.75, 3.05) is 13.1 Å². The molecule has 1 aromatic rings. The Morgan fingerprint density at radius 2 is 2.24 bits per heavy atom. The summed E-state index contributed by atoms with van der Waals surface area (Å²) in [7, 11) is 0. The minimum Gasteiger partial charge on any atom is -0.480 e. The van der Waals surface area contributed by atoms with E-state index in [1.807, 2.05) is 4.90 Å². The van der Waals surface area contributed by atoms with Crippen molar-refractivity contribution in [1.29, 1.82) is 0 Å². The molecule has 0 spiro atoms. The van der Waals surface area contributed by atoms with Gasteiger partial charge in [-0.1, -0.05) is 0 Å². The Balaban J connectivity index is 1.99. The van der Waals surface area contributed by atoms with Crippen molar-refractivity contribution in [1.82, 2.24) is 9.88 Å². The van der Waals surface area contributed by atoms with E-state index in [0.29, 0.717) is 13.0 Å². The largest absolute Gasteiger partial charge is 0.480 e. The fraction of sp³-hybridized carbons (Fsp3) is 0.500. The van der Waals surface area contributed by atoms with E-state index in [9.17, 15) is 9.90 Å². The second kappa shape index (κ2) is 5.25. The normalized spacial score (nSPS) is 22.5. The smallest absolute Gasteiger partial charge is 0.320 e. The molecule has 2 rings (SSSR count). The number of carboxylic acid groups (broad SMARTS) is 1. The number of hydrogen-bond acceptors (Lipinski definition) is 4. The quantitative estimate of drug-likeness (QED) is 0.803. The summed E-state index contributed by atoms with van der Waals surface area (Å²) in [6.45, 7) is 1.10. The highest BCUT2D eigenvalue weighted by atomic mass is 16.4. The molecule has 5 heteroatoms. The van der Waals surface area contributed by atoms with Crippen LogP contribution in [0.4, 0.5) is 0 Å². The van der Waals surface area contributed by atoms with E-state index >= 15 is 0 Å². The Morgan fingerprint density at radius 1 is 1.53 bits per heavy atom. The van der Waals surface area contributed by atoms with E-state index in [1.165, 1.54) is 0 Å². The van der Waals surface area contributed by atoms with E-state index in [4.69, 9.17) is 5.11 Å². The maximum Gasteiger partial charge on any atom is 0.320 e. The summed E-state index contributed by atoms with van der Waals surface area (Å²) in [5.41, 5.74) is 0.774. The Kier molecular flexibility index (Phi) is 3.71. The van der Waals surface area contributed by atoms with Gasteiger partial charge in [0.1, 0.15) is 6.04 Å². The number of pyridine rings is 1. The summed E-state index contributed by atoms with van der Waals surface area (Å²) >= 11 is 0. The van der Waals surface area contributed by atoms with Crippen molar-refractivity contribution >= 4 is 5.97 Å². The van der Waals surface area contributed by atoms with Crippen LogP contribution in [-0.2, 0) is 4.79 Å². The van der Waals surface area contributed by atoms with Crippen LogP contribution in [0, 0.1) is 0 Å². The molecule has 0 bridgehead atoms. The SMILES string of the molecule is O=C(O)C1CCCN1CC(O)c1ccncc1. The van der Waals surface area contributed by atoms with Crippen LogP contribution in [0.3, 0.4) is 0 Å². The standard InChI is InChI=1S/C12H16N2O3/c15-11(9-3-5-13-6-4-9)8-14-7-1-2-10(14)12(16)17/h3-6,10-11,15H,1-2,7-8H2,(H,16,17). The van der Waals surface area contributed by atoms with Crippen LogP contribution in [0.15, 0.2) is 24.5 Å². The second-order valence-corrected chi connectivity index (χ2v) is 4.29. The minimum absolute atomic E-state index is 0.362. The average Bonchev–Trinajstić information content (AvgIpc) is 2.78. The fourth-order valence-electron chi connectivity index (χ4n) is 2.24. The highest BCUT2D eigenvalue weighted by Gasteiger charge is 2.31. The molecule has 0 radical (unpaired) electrons. The zero-order valence-electron chi connectivity index (χ0n) is 9.49. The molecule has 1 aliphatic heterocycles. The van der Waals surface area contributed by atoms with Crippen LogP contribution >= 0.6 is 0 Å². The van der Waals surface area contributed by atoms with Gasteiger partial charge in [0.05, 0.1) is 6.10 Å². The summed E-state index contributed by atoms with van der Waals surface area (Å²) in [5.74, 6) is -0.801. The van der Waals surface area contributed by atoms with Crippen LogP contribution in [0.25, 0.3) is 0 Å². The average molecular weight is 236 g/mol. The zero-order chi connectivity index (χ0) is 12.3. The maximum absolute atomic E-state index is 11.0. The molecule has 1 aromatic heterocycles. The van der Waals surface area contributed by atoms with Gasteiger partial charge < -0.3 is 10.2 Å². The Hall–Kier alpha value is -1.46. The van der Waals surface area contributed by atoms with Crippen molar-refractivity contribution in [3.05, 3.63) is 30.1 Å². The third kappa shape index (κ3) is 2.81. The van der Waals surface area contributed by atoms with Crippen LogP contribution in [0.5, 0.6) is 0 Å². The Morgan fingerprint density at radius 3 is 2.88 bits per heavy atom. The van der Waals surface area contributed by atoms with Gasteiger partial charge in [0, 0.05) is 18.9 Å². The van der Waals surface area contributed by atoms with Crippen LogP contribution in [0.1, 0.15) is 24.5 Å². The van der Waals surface area contributed by atoms with Gasteiger partial charge in [0.25, 0.3) is 0 Å². The van der Waals surface area contributed by atoms with Gasteiger partial charge in [0.2, 0.25) is 0 Å². The van der Waals surface area contributed by atoms with Gasteiger partial charge >= 0.3 is 5.97 Å². The molecule has 1 aliphatic rings. The lowest BCUT2D eigenvalue weighted by molar-refractivity contribution is -0.142. The number of carboxylic acids is 1. The molecule has 2 atom stereocenters. The molecule has 92 valence electrons. The molecular weight excluding hydrogens is 220 g/mol. The van der Waals surface area contributed by atoms with Crippen LogP contribution in [0.2, 0.25) is 0 Å². The molecule has 0 aromatic carbocycles. The lowest BCUT2D eigenvalue weighted by Crippen LogP contribution is -2.38. The summed E-state index contributed by atoms with van der Waals surface area (Å²) in [4.78, 5) is 16.7. The van der Waals surface area contributed by atoms with Crippen molar-refractivity contribution in [3.8, 4) is 0 Å². The summed E-state index contributed by atoms with van der Waals surface area (Å²) < 4.78 is 0. The molecule has 0 aliphatic carbocycles. The number of hydrogen-bond donors (Lipinski definition) is 2. The maximum atomic E-state index is 11.0. The van der Waals surface area contributed by atoms with Gasteiger partial charge in [-0.2, -0.15) is 0 Å². The van der Waals surface area contributed by atoms with E-state index < -0.39 is 18.1 Å². The van der Waals surface area contributed by atoms with Crippen molar-refractivity contribution in [3.63, 3.8) is 0 Å². The number of nitrogens with zero attached hydrogens (tertiary/aromatic N) is 2. The third-order valence-corrected chi connectivity index (χ3v) is 3.15. The fourth-order valence-corrected chi connectivity index (χ4v) is 2.24. The predicted octanol–water partition coefficient (Wildman–Crippen LogP) is 0.664. The van der Waals surface area contributed by atoms with Gasteiger partial charge in [-0.15, -0.1) is 0 Å². The number of aromatic nitrogens is 1. The summed E-state index contributed by atoms with van der Waals surface area (Å²) in [5, 5.41) is 19.1. The summed E-state index contributed by atoms with van der Waals surface area (Å²) in [6, 6.07) is 3.04. The molecule has 17 heavy (non-hydrogen) atoms. The zero-order valence-corrected chi connectivity index (χ0v) is 9.49. The number of aliphatic hydroxyl groups excluding tert-OH is 1. The lowest BCUT2D eigenvalue weighted by Gasteiger charge is -2.24. The number of aliphatic hydroxyl groups is 1. The van der Waals surface area contributed by atoms with Gasteiger partial charge in [-0.05, 0) is 37.1 Å². The molecule has 2 heterocycles. The van der Waals surface area contributed by atoms with Crippen LogP contribution in [-0.4, -0.2) is 45.2 Å². The molecule has 1 saturated heterocycles. The lowest BCUT2D eigenvalue weighted by atomic mass is 10.1. The first kappa shape index (κ1) is 12.0. The third-order valence-electron chi connectivity index (χ3n) is 3.15. The monoisotopic (exact) mass is 236 g/mol. The van der Waals surface area contributed by atoms with Crippen LogP contribution < -0.4 is 0 Å². The first-order valence-corrected chi connectivity index (χ1v) is 5.73. The van der Waals surface area contributed by atoms with E-state index in [2.05, 4.69) is 4.98 Å². The Labute approximate surface area is 99.7 Å². The Bertz CT molecular complexity index is 383. The van der Waals surface area contributed by atoms with E-state index in [1.54, 1.807) is 24.5 Å². The first-order chi connectivity index (χ1) is 8.18. The van der Waals surface area contributed by atoms with E-state index in [-0.39, 0.29) is 0 Å². The van der Waals surface area contributed by atoms with E-state index in [0.717, 1.165) is 18.5 Å². The molecular formula is C12H16N2O3. The van der Waals surface area contributed by atoms with Crippen molar-refractivity contribution in [2.24, 2.45) is 0 Å². The topological polar surface area (TPSA) is 73.7 Å². The predicted molar refractivity (Wildman–Crippen MR) is 61.4 cm³/mol. The second-order valence-electron chi connectivity index (χ2n) is 4.29. The van der Waals surface area contributed by atoms with Crippen molar-refractivity contribution < 1.29 is 15.0 Å². The molecule has 2 N–H and O–H groups in total. The molecule has 0 amide bonds. The number of rotatable bonds is 4. The highest BCUT2D eigenvalue weighted by Crippen LogP contribution is 2.21. The summed E-state index contributed by atoms with van der Waals surface area (Å²) in [6.07, 6.45) is 4.13. The molecule has 0 saturated carbocycles. The van der Waals surface area contributed by atoms with Gasteiger partial charge in [0.15, 0.2) is 0 Å². The number of carbonyl (C=O) groups is 1. The van der Waals surface area contributed by atoms with Crippen molar-refractivity contribution in [2.45, 2.75) is 25.0 Å². The van der Waals surface area contributed by atoms with Gasteiger partial charge in [-0.3, -0.25) is 14.7 Å². The molecule has 5 nitrogen and oxygen atoms in total. The highest BCUT2D eigenvalue weighted by molar-refractivity contribution is 5.73. The molecule has 2 unspecified atom stereocenters. The number of β-amino-alcohol motifs (C(OH)–C–C–N with tert-alkyl or cyclic N) is 1.